The van der Waals surface area contributed by atoms with E-state index in [-0.39, 0.29) is 5.75 Å². The number of hydrogen-bond donors (Lipinski definition) is 2. The van der Waals surface area contributed by atoms with Gasteiger partial charge in [0.1, 0.15) is 0 Å². The Balaban J connectivity index is 1.95. The highest BCUT2D eigenvalue weighted by molar-refractivity contribution is 7.89. The number of unbranched alkanes of at least 4 members (excludes halogenated alkanes) is 3. The van der Waals surface area contributed by atoms with Crippen molar-refractivity contribution in [1.82, 2.24) is 10.0 Å². The van der Waals surface area contributed by atoms with Gasteiger partial charge in [0.15, 0.2) is 0 Å². The van der Waals surface area contributed by atoms with E-state index >= 15 is 0 Å². The predicted molar refractivity (Wildman–Crippen MR) is 71.6 cm³/mol. The van der Waals surface area contributed by atoms with Crippen LogP contribution in [-0.4, -0.2) is 33.3 Å². The molecule has 0 aromatic rings. The monoisotopic (exact) mass is 262 g/mol. The van der Waals surface area contributed by atoms with Crippen molar-refractivity contribution >= 4 is 10.0 Å². The molecule has 5 heteroatoms. The molecule has 4 nitrogen and oxygen atoms in total. The van der Waals surface area contributed by atoms with Crippen molar-refractivity contribution in [3.05, 3.63) is 0 Å². The Bertz CT molecular complexity index is 287. The van der Waals surface area contributed by atoms with E-state index in [9.17, 15) is 8.42 Å². The molecule has 0 spiro atoms. The lowest BCUT2D eigenvalue weighted by molar-refractivity contribution is 0.567. The number of nitrogens with one attached hydrogen (secondary N) is 2. The summed E-state index contributed by atoms with van der Waals surface area (Å²) in [4.78, 5) is 0. The summed E-state index contributed by atoms with van der Waals surface area (Å²) in [5.41, 5.74) is 0. The van der Waals surface area contributed by atoms with Gasteiger partial charge in [-0.15, -0.1) is 0 Å². The van der Waals surface area contributed by atoms with Gasteiger partial charge >= 0.3 is 0 Å². The summed E-state index contributed by atoms with van der Waals surface area (Å²) in [5.74, 6) is 0.250. The summed E-state index contributed by atoms with van der Waals surface area (Å²) in [7, 11) is -3.04. The van der Waals surface area contributed by atoms with Crippen molar-refractivity contribution in [2.75, 3.05) is 18.8 Å². The molecule has 1 rings (SSSR count). The van der Waals surface area contributed by atoms with Crippen LogP contribution in [-0.2, 0) is 10.0 Å². The summed E-state index contributed by atoms with van der Waals surface area (Å²) in [6.45, 7) is 3.57. The van der Waals surface area contributed by atoms with Crippen molar-refractivity contribution in [3.63, 3.8) is 0 Å². The lowest BCUT2D eigenvalue weighted by atomic mass is 10.2. The zero-order valence-electron chi connectivity index (χ0n) is 10.9. The largest absolute Gasteiger partial charge is 0.314 e. The van der Waals surface area contributed by atoms with Gasteiger partial charge in [-0.2, -0.15) is 0 Å². The minimum absolute atomic E-state index is 0.250. The van der Waals surface area contributed by atoms with Crippen molar-refractivity contribution in [2.24, 2.45) is 0 Å². The molecule has 1 aliphatic rings. The maximum absolute atomic E-state index is 11.6. The van der Waals surface area contributed by atoms with E-state index in [4.69, 9.17) is 0 Å². The first-order valence-corrected chi connectivity index (χ1v) is 8.50. The average Bonchev–Trinajstić information content (AvgIpc) is 3.08. The third-order valence-electron chi connectivity index (χ3n) is 2.95. The van der Waals surface area contributed by atoms with Crippen LogP contribution in [0.4, 0.5) is 0 Å². The minimum atomic E-state index is -3.04. The molecule has 0 radical (unpaired) electrons. The lowest BCUT2D eigenvalue weighted by Crippen LogP contribution is -2.29. The molecule has 1 saturated carbocycles. The molecule has 0 atom stereocenters. The van der Waals surface area contributed by atoms with E-state index in [1.54, 1.807) is 0 Å². The second-order valence-corrected chi connectivity index (χ2v) is 6.78. The first-order valence-electron chi connectivity index (χ1n) is 6.85. The van der Waals surface area contributed by atoms with Crippen LogP contribution in [0.15, 0.2) is 0 Å². The van der Waals surface area contributed by atoms with Gasteiger partial charge in [0.05, 0.1) is 5.75 Å². The van der Waals surface area contributed by atoms with E-state index in [0.717, 1.165) is 19.4 Å². The van der Waals surface area contributed by atoms with Crippen LogP contribution >= 0.6 is 0 Å². The van der Waals surface area contributed by atoms with Gasteiger partial charge in [-0.05, 0) is 32.2 Å². The van der Waals surface area contributed by atoms with Crippen molar-refractivity contribution < 1.29 is 8.42 Å². The van der Waals surface area contributed by atoms with E-state index in [0.29, 0.717) is 19.0 Å². The molecule has 2 N–H and O–H groups in total. The van der Waals surface area contributed by atoms with Crippen LogP contribution in [0.1, 0.15) is 51.9 Å². The number of hydrogen-bond acceptors (Lipinski definition) is 3. The van der Waals surface area contributed by atoms with Gasteiger partial charge < -0.3 is 5.32 Å². The molecule has 0 aromatic heterocycles. The fourth-order valence-electron chi connectivity index (χ4n) is 1.71. The molecule has 0 heterocycles. The van der Waals surface area contributed by atoms with Gasteiger partial charge in [-0.1, -0.05) is 26.2 Å². The van der Waals surface area contributed by atoms with Crippen LogP contribution in [0.3, 0.4) is 0 Å². The maximum atomic E-state index is 11.6. The fourth-order valence-corrected chi connectivity index (χ4v) is 2.83. The summed E-state index contributed by atoms with van der Waals surface area (Å²) in [6, 6.07) is 0.666. The molecule has 0 unspecified atom stereocenters. The Hall–Kier alpha value is -0.130. The molecule has 0 bridgehead atoms. The Morgan fingerprint density at radius 2 is 1.82 bits per heavy atom. The number of sulfonamides is 1. The molecule has 0 aliphatic heterocycles. The summed E-state index contributed by atoms with van der Waals surface area (Å²) in [5, 5.41) is 3.32. The maximum Gasteiger partial charge on any atom is 0.211 e. The Morgan fingerprint density at radius 3 is 2.47 bits per heavy atom. The fraction of sp³-hybridized carbons (Fsp3) is 1.00. The van der Waals surface area contributed by atoms with Crippen LogP contribution in [0.2, 0.25) is 0 Å². The molecule has 0 aromatic carbocycles. The first-order chi connectivity index (χ1) is 8.14. The summed E-state index contributed by atoms with van der Waals surface area (Å²) >= 11 is 0. The molecule has 1 fully saturated rings. The van der Waals surface area contributed by atoms with E-state index in [1.807, 2.05) is 0 Å². The Labute approximate surface area is 106 Å². The molecular formula is C12H26N2O2S. The van der Waals surface area contributed by atoms with Gasteiger partial charge in [-0.25, -0.2) is 13.1 Å². The molecule has 0 amide bonds. The molecule has 102 valence electrons. The quantitative estimate of drug-likeness (QED) is 0.556. The second kappa shape index (κ2) is 8.06. The molecular weight excluding hydrogens is 236 g/mol. The van der Waals surface area contributed by atoms with Crippen LogP contribution in [0, 0.1) is 0 Å². The topological polar surface area (TPSA) is 58.2 Å². The highest BCUT2D eigenvalue weighted by atomic mass is 32.2. The minimum Gasteiger partial charge on any atom is -0.314 e. The highest BCUT2D eigenvalue weighted by Gasteiger charge is 2.20. The van der Waals surface area contributed by atoms with Crippen molar-refractivity contribution in [2.45, 2.75) is 57.9 Å². The van der Waals surface area contributed by atoms with E-state index in [1.165, 1.54) is 25.7 Å². The SMILES string of the molecule is CCCCCCNS(=O)(=O)CCCNC1CC1. The molecule has 0 saturated heterocycles. The van der Waals surface area contributed by atoms with Crippen LogP contribution in [0.5, 0.6) is 0 Å². The second-order valence-electron chi connectivity index (χ2n) is 4.86. The van der Waals surface area contributed by atoms with Crippen molar-refractivity contribution in [1.29, 1.82) is 0 Å². The van der Waals surface area contributed by atoms with E-state index < -0.39 is 10.0 Å². The average molecular weight is 262 g/mol. The van der Waals surface area contributed by atoms with Crippen molar-refractivity contribution in [3.8, 4) is 0 Å². The standard InChI is InChI=1S/C12H26N2O2S/c1-2-3-4-5-10-14-17(15,16)11-6-9-13-12-7-8-12/h12-14H,2-11H2,1H3. The highest BCUT2D eigenvalue weighted by Crippen LogP contribution is 2.18. The van der Waals surface area contributed by atoms with Gasteiger partial charge in [-0.3, -0.25) is 0 Å². The van der Waals surface area contributed by atoms with Gasteiger partial charge in [0.25, 0.3) is 0 Å². The van der Waals surface area contributed by atoms with Crippen LogP contribution in [0.25, 0.3) is 0 Å². The van der Waals surface area contributed by atoms with Gasteiger partial charge in [0.2, 0.25) is 10.0 Å². The third-order valence-corrected chi connectivity index (χ3v) is 4.42. The first kappa shape index (κ1) is 14.9. The smallest absolute Gasteiger partial charge is 0.211 e. The lowest BCUT2D eigenvalue weighted by Gasteiger charge is -2.07. The van der Waals surface area contributed by atoms with Gasteiger partial charge in [0, 0.05) is 12.6 Å². The molecule has 1 aliphatic carbocycles. The normalized spacial score (nSPS) is 16.3. The zero-order chi connectivity index (χ0) is 12.6. The van der Waals surface area contributed by atoms with Crippen LogP contribution < -0.4 is 10.0 Å². The molecule has 17 heavy (non-hydrogen) atoms. The Morgan fingerprint density at radius 1 is 1.06 bits per heavy atom. The summed E-state index contributed by atoms with van der Waals surface area (Å²) < 4.78 is 25.8. The predicted octanol–water partition coefficient (Wildman–Crippen LogP) is 1.63. The Kier molecular flexibility index (Phi) is 7.08. The zero-order valence-corrected chi connectivity index (χ0v) is 11.7. The third kappa shape index (κ3) is 8.57. The number of rotatable bonds is 11. The van der Waals surface area contributed by atoms with E-state index in [2.05, 4.69) is 17.0 Å². The summed E-state index contributed by atoms with van der Waals surface area (Å²) in [6.07, 6.45) is 7.65.